The highest BCUT2D eigenvalue weighted by molar-refractivity contribution is 8.00. The summed E-state index contributed by atoms with van der Waals surface area (Å²) in [5, 5.41) is 3.97. The van der Waals surface area contributed by atoms with Crippen LogP contribution in [0.1, 0.15) is 26.7 Å². The summed E-state index contributed by atoms with van der Waals surface area (Å²) >= 11 is 7.31. The van der Waals surface area contributed by atoms with Gasteiger partial charge >= 0.3 is 0 Å². The first-order valence-electron chi connectivity index (χ1n) is 9.75. The Morgan fingerprint density at radius 3 is 2.80 bits per heavy atom. The first kappa shape index (κ1) is 22.2. The Labute approximate surface area is 184 Å². The molecule has 1 atom stereocenters. The zero-order valence-electron chi connectivity index (χ0n) is 17.1. The normalized spacial score (nSPS) is 12.0. The number of benzene rings is 2. The van der Waals surface area contributed by atoms with Crippen molar-refractivity contribution in [1.29, 1.82) is 0 Å². The predicted octanol–water partition coefficient (Wildman–Crippen LogP) is 4.98. The average molecular weight is 446 g/mol. The second-order valence-corrected chi connectivity index (χ2v) is 8.56. The van der Waals surface area contributed by atoms with E-state index in [0.717, 1.165) is 12.8 Å². The number of amides is 1. The number of thioether (sulfide) groups is 1. The predicted molar refractivity (Wildman–Crippen MR) is 123 cm³/mol. The Morgan fingerprint density at radius 2 is 2.07 bits per heavy atom. The van der Waals surface area contributed by atoms with Crippen molar-refractivity contribution in [2.75, 3.05) is 12.4 Å². The molecule has 3 aromatic rings. The van der Waals surface area contributed by atoms with Gasteiger partial charge in [-0.1, -0.05) is 48.8 Å². The molecular weight excluding hydrogens is 422 g/mol. The third kappa shape index (κ3) is 4.96. The molecule has 1 aromatic heterocycles. The fraction of sp³-hybridized carbons (Fsp3) is 0.318. The number of hydrogen-bond acceptors (Lipinski definition) is 5. The summed E-state index contributed by atoms with van der Waals surface area (Å²) in [6.07, 6.45) is 1.81. The van der Waals surface area contributed by atoms with Crippen LogP contribution in [-0.4, -0.2) is 27.8 Å². The van der Waals surface area contributed by atoms with E-state index in [1.807, 2.05) is 18.2 Å². The fourth-order valence-corrected chi connectivity index (χ4v) is 4.08. The van der Waals surface area contributed by atoms with Crippen LogP contribution < -0.4 is 15.6 Å². The molecule has 1 heterocycles. The molecule has 0 aliphatic rings. The van der Waals surface area contributed by atoms with Crippen LogP contribution >= 0.6 is 23.4 Å². The number of fused-ring (bicyclic) bond motifs is 1. The third-order valence-corrected chi connectivity index (χ3v) is 5.96. The molecule has 30 heavy (non-hydrogen) atoms. The number of carbonyl (C=O) groups is 1. The number of rotatable bonds is 8. The van der Waals surface area contributed by atoms with Gasteiger partial charge in [0.25, 0.3) is 5.56 Å². The second kappa shape index (κ2) is 10.00. The van der Waals surface area contributed by atoms with E-state index in [-0.39, 0.29) is 11.5 Å². The molecule has 0 spiro atoms. The number of nitrogens with one attached hydrogen (secondary N) is 1. The molecule has 0 radical (unpaired) electrons. The highest BCUT2D eigenvalue weighted by Gasteiger charge is 2.20. The Balaban J connectivity index is 1.88. The van der Waals surface area contributed by atoms with Gasteiger partial charge in [0.1, 0.15) is 5.75 Å². The SMILES string of the molecule is CCCCn1c(SC(C)C(=O)Nc2cc(Cl)ccc2OC)nc2ccccc2c1=O. The van der Waals surface area contributed by atoms with E-state index < -0.39 is 5.25 Å². The number of hydrogen-bond donors (Lipinski definition) is 1. The minimum atomic E-state index is -0.491. The maximum atomic E-state index is 13.0. The number of carbonyl (C=O) groups excluding carboxylic acids is 1. The molecule has 158 valence electrons. The Bertz CT molecular complexity index is 1120. The lowest BCUT2D eigenvalue weighted by atomic mass is 10.2. The number of methoxy groups -OCH3 is 1. The van der Waals surface area contributed by atoms with E-state index in [2.05, 4.69) is 17.2 Å². The molecule has 0 saturated carbocycles. The maximum absolute atomic E-state index is 13.0. The van der Waals surface area contributed by atoms with Crippen LogP contribution in [0, 0.1) is 0 Å². The summed E-state index contributed by atoms with van der Waals surface area (Å²) in [5.74, 6) is 0.290. The van der Waals surface area contributed by atoms with Crippen LogP contribution in [0.15, 0.2) is 52.4 Å². The second-order valence-electron chi connectivity index (χ2n) is 6.82. The summed E-state index contributed by atoms with van der Waals surface area (Å²) in [7, 11) is 1.53. The number of unbranched alkanes of at least 4 members (excludes halogenated alkanes) is 1. The molecule has 6 nitrogen and oxygen atoms in total. The molecule has 0 fully saturated rings. The molecule has 2 aromatic carbocycles. The molecule has 8 heteroatoms. The standard InChI is InChI=1S/C22H24ClN3O3S/c1-4-5-12-26-21(28)16-8-6-7-9-17(16)25-22(26)30-14(2)20(27)24-18-13-15(23)10-11-19(18)29-3/h6-11,13-14H,4-5,12H2,1-3H3,(H,24,27). The molecule has 0 aliphatic heterocycles. The van der Waals surface area contributed by atoms with Gasteiger partial charge in [-0.05, 0) is 43.7 Å². The van der Waals surface area contributed by atoms with Crippen LogP contribution in [0.25, 0.3) is 10.9 Å². The highest BCUT2D eigenvalue weighted by atomic mass is 35.5. The molecule has 0 bridgehead atoms. The van der Waals surface area contributed by atoms with Gasteiger partial charge in [0.05, 0.1) is 29.0 Å². The lowest BCUT2D eigenvalue weighted by molar-refractivity contribution is -0.115. The van der Waals surface area contributed by atoms with Crippen LogP contribution in [0.4, 0.5) is 5.69 Å². The van der Waals surface area contributed by atoms with Crippen LogP contribution in [0.2, 0.25) is 5.02 Å². The lowest BCUT2D eigenvalue weighted by Crippen LogP contribution is -2.27. The number of anilines is 1. The quantitative estimate of drug-likeness (QED) is 0.391. The van der Waals surface area contributed by atoms with Crippen molar-refractivity contribution in [2.45, 2.75) is 43.6 Å². The fourth-order valence-electron chi connectivity index (χ4n) is 2.97. The lowest BCUT2D eigenvalue weighted by Gasteiger charge is -2.17. The molecule has 1 N–H and O–H groups in total. The topological polar surface area (TPSA) is 73.2 Å². The van der Waals surface area contributed by atoms with Gasteiger partial charge in [0, 0.05) is 11.6 Å². The first-order chi connectivity index (χ1) is 14.4. The Hall–Kier alpha value is -2.51. The summed E-state index contributed by atoms with van der Waals surface area (Å²) < 4.78 is 6.96. The molecule has 1 amide bonds. The summed E-state index contributed by atoms with van der Waals surface area (Å²) in [4.78, 5) is 30.5. The van der Waals surface area contributed by atoms with Gasteiger partial charge in [-0.3, -0.25) is 14.2 Å². The van der Waals surface area contributed by atoms with E-state index in [9.17, 15) is 9.59 Å². The minimum absolute atomic E-state index is 0.0827. The highest BCUT2D eigenvalue weighted by Crippen LogP contribution is 2.29. The van der Waals surface area contributed by atoms with Gasteiger partial charge in [-0.15, -0.1) is 0 Å². The van der Waals surface area contributed by atoms with E-state index in [4.69, 9.17) is 16.3 Å². The largest absolute Gasteiger partial charge is 0.495 e. The summed E-state index contributed by atoms with van der Waals surface area (Å²) in [6.45, 7) is 4.41. The van der Waals surface area contributed by atoms with Gasteiger partial charge < -0.3 is 10.1 Å². The molecule has 0 aliphatic carbocycles. The average Bonchev–Trinajstić information content (AvgIpc) is 2.73. The zero-order valence-corrected chi connectivity index (χ0v) is 18.7. The van der Waals surface area contributed by atoms with E-state index in [0.29, 0.717) is 39.1 Å². The van der Waals surface area contributed by atoms with Crippen LogP contribution in [-0.2, 0) is 11.3 Å². The van der Waals surface area contributed by atoms with Crippen molar-refractivity contribution >= 4 is 45.9 Å². The molecular formula is C22H24ClN3O3S. The van der Waals surface area contributed by atoms with Gasteiger partial charge in [-0.2, -0.15) is 0 Å². The molecule has 3 rings (SSSR count). The third-order valence-electron chi connectivity index (χ3n) is 4.63. The number of ether oxygens (including phenoxy) is 1. The summed E-state index contributed by atoms with van der Waals surface area (Å²) in [6, 6.07) is 12.3. The first-order valence-corrected chi connectivity index (χ1v) is 11.0. The monoisotopic (exact) mass is 445 g/mol. The van der Waals surface area contributed by atoms with Gasteiger partial charge in [0.15, 0.2) is 5.16 Å². The Kier molecular flexibility index (Phi) is 7.39. The van der Waals surface area contributed by atoms with Crippen molar-refractivity contribution < 1.29 is 9.53 Å². The Morgan fingerprint density at radius 1 is 1.30 bits per heavy atom. The summed E-state index contributed by atoms with van der Waals surface area (Å²) in [5.41, 5.74) is 1.04. The van der Waals surface area contributed by atoms with Crippen molar-refractivity contribution in [1.82, 2.24) is 9.55 Å². The van der Waals surface area contributed by atoms with Gasteiger partial charge in [0.2, 0.25) is 5.91 Å². The van der Waals surface area contributed by atoms with E-state index in [1.54, 1.807) is 35.8 Å². The van der Waals surface area contributed by atoms with Crippen molar-refractivity contribution in [3.05, 3.63) is 57.8 Å². The zero-order chi connectivity index (χ0) is 21.7. The van der Waals surface area contributed by atoms with Gasteiger partial charge in [-0.25, -0.2) is 4.98 Å². The van der Waals surface area contributed by atoms with Crippen LogP contribution in [0.5, 0.6) is 5.75 Å². The van der Waals surface area contributed by atoms with Crippen molar-refractivity contribution in [3.63, 3.8) is 0 Å². The maximum Gasteiger partial charge on any atom is 0.262 e. The number of halogens is 1. The molecule has 1 unspecified atom stereocenters. The number of nitrogens with zero attached hydrogens (tertiary/aromatic N) is 2. The van der Waals surface area contributed by atoms with E-state index >= 15 is 0 Å². The van der Waals surface area contributed by atoms with Crippen LogP contribution in [0.3, 0.4) is 0 Å². The number of para-hydroxylation sites is 1. The van der Waals surface area contributed by atoms with Crippen molar-refractivity contribution in [3.8, 4) is 5.75 Å². The molecule has 0 saturated heterocycles. The van der Waals surface area contributed by atoms with E-state index in [1.165, 1.54) is 18.9 Å². The minimum Gasteiger partial charge on any atom is -0.495 e. The van der Waals surface area contributed by atoms with Crippen molar-refractivity contribution in [2.24, 2.45) is 0 Å². The smallest absolute Gasteiger partial charge is 0.262 e. The number of aromatic nitrogens is 2.